The molecule has 8 heteroatoms. The smallest absolute Gasteiger partial charge is 0.336 e. The number of hydrogen-bond donors (Lipinski definition) is 2. The summed E-state index contributed by atoms with van der Waals surface area (Å²) >= 11 is 6.05. The molecule has 2 aromatic rings. The molecule has 0 aliphatic rings. The molecule has 0 atom stereocenters. The molecule has 1 amide bonds. The average molecular weight is 437 g/mol. The predicted molar refractivity (Wildman–Crippen MR) is 83.7 cm³/mol. The molecule has 0 fully saturated rings. The van der Waals surface area contributed by atoms with Gasteiger partial charge in [-0.1, -0.05) is 0 Å². The van der Waals surface area contributed by atoms with Crippen molar-refractivity contribution in [3.05, 3.63) is 68.1 Å². The van der Waals surface area contributed by atoms with Crippen molar-refractivity contribution in [1.29, 1.82) is 0 Å². The lowest BCUT2D eigenvalue weighted by molar-refractivity contribution is 0.0695. The van der Waals surface area contributed by atoms with Crippen LogP contribution in [0.25, 0.3) is 0 Å². The number of hydrogen-bond acceptors (Lipinski definition) is 2. The van der Waals surface area contributed by atoms with E-state index in [0.29, 0.717) is 8.95 Å². The Labute approximate surface area is 141 Å². The highest BCUT2D eigenvalue weighted by molar-refractivity contribution is 9.10. The number of primary amides is 1. The van der Waals surface area contributed by atoms with E-state index in [9.17, 15) is 18.4 Å². The minimum atomic E-state index is -1.14. The van der Waals surface area contributed by atoms with E-state index in [1.54, 1.807) is 0 Å². The lowest BCUT2D eigenvalue weighted by Crippen LogP contribution is -2.11. The molecule has 0 aliphatic carbocycles. The van der Waals surface area contributed by atoms with E-state index in [0.717, 1.165) is 12.1 Å². The molecule has 116 valence electrons. The minimum Gasteiger partial charge on any atom is -0.478 e. The van der Waals surface area contributed by atoms with E-state index in [1.807, 2.05) is 0 Å². The van der Waals surface area contributed by atoms with Crippen LogP contribution in [0.3, 0.4) is 0 Å². The summed E-state index contributed by atoms with van der Waals surface area (Å²) in [6.45, 7) is 0. The zero-order valence-electron chi connectivity index (χ0n) is 10.8. The fraction of sp³-hybridized carbons (Fsp3) is 0. The van der Waals surface area contributed by atoms with Gasteiger partial charge >= 0.3 is 5.97 Å². The van der Waals surface area contributed by atoms with Crippen LogP contribution in [0.5, 0.6) is 0 Å². The van der Waals surface area contributed by atoms with Crippen molar-refractivity contribution in [2.24, 2.45) is 5.73 Å². The van der Waals surface area contributed by atoms with Gasteiger partial charge < -0.3 is 10.8 Å². The number of carbonyl (C=O) groups excluding carboxylic acids is 1. The first-order valence-electron chi connectivity index (χ1n) is 5.65. The molecular formula is C14H9Br2F2NO3. The van der Waals surface area contributed by atoms with E-state index in [1.165, 1.54) is 24.3 Å². The van der Waals surface area contributed by atoms with Crippen molar-refractivity contribution in [1.82, 2.24) is 0 Å². The summed E-state index contributed by atoms with van der Waals surface area (Å²) in [5, 5.41) is 8.49. The number of amides is 1. The Balaban J connectivity index is 0.000000220. The van der Waals surface area contributed by atoms with Gasteiger partial charge in [-0.25, -0.2) is 13.6 Å². The number of rotatable bonds is 2. The van der Waals surface area contributed by atoms with Gasteiger partial charge in [0.15, 0.2) is 0 Å². The predicted octanol–water partition coefficient (Wildman–Crippen LogP) is 3.97. The van der Waals surface area contributed by atoms with Gasteiger partial charge in [-0.15, -0.1) is 0 Å². The highest BCUT2D eigenvalue weighted by Crippen LogP contribution is 2.17. The minimum absolute atomic E-state index is 0.0648. The summed E-state index contributed by atoms with van der Waals surface area (Å²) in [5.41, 5.74) is 5.04. The van der Waals surface area contributed by atoms with Crippen LogP contribution >= 0.6 is 31.9 Å². The molecule has 3 N–H and O–H groups in total. The number of halogens is 4. The van der Waals surface area contributed by atoms with Crippen LogP contribution in [0.15, 0.2) is 45.3 Å². The highest BCUT2D eigenvalue weighted by atomic mass is 79.9. The van der Waals surface area contributed by atoms with E-state index >= 15 is 0 Å². The van der Waals surface area contributed by atoms with Crippen LogP contribution in [0.4, 0.5) is 8.78 Å². The van der Waals surface area contributed by atoms with E-state index in [-0.39, 0.29) is 11.1 Å². The van der Waals surface area contributed by atoms with Crippen molar-refractivity contribution >= 4 is 43.7 Å². The number of aromatic carboxylic acids is 1. The molecule has 0 saturated heterocycles. The number of carboxylic acid groups (broad SMARTS) is 1. The lowest BCUT2D eigenvalue weighted by atomic mass is 10.2. The van der Waals surface area contributed by atoms with Crippen molar-refractivity contribution in [3.8, 4) is 0 Å². The van der Waals surface area contributed by atoms with E-state index in [2.05, 4.69) is 31.9 Å². The molecule has 22 heavy (non-hydrogen) atoms. The first kappa shape index (κ1) is 18.2. The summed E-state index contributed by atoms with van der Waals surface area (Å²) < 4.78 is 25.8. The Hall–Kier alpha value is -1.80. The molecule has 4 nitrogen and oxygen atoms in total. The molecular weight excluding hydrogens is 428 g/mol. The quantitative estimate of drug-likeness (QED) is 0.747. The fourth-order valence-corrected chi connectivity index (χ4v) is 2.21. The summed E-state index contributed by atoms with van der Waals surface area (Å²) in [4.78, 5) is 21.0. The van der Waals surface area contributed by atoms with Crippen molar-refractivity contribution in [2.45, 2.75) is 0 Å². The van der Waals surface area contributed by atoms with Crippen LogP contribution in [0.1, 0.15) is 20.7 Å². The summed E-state index contributed by atoms with van der Waals surface area (Å²) in [6, 6.07) is 7.29. The second-order valence-electron chi connectivity index (χ2n) is 3.92. The summed E-state index contributed by atoms with van der Waals surface area (Å²) in [7, 11) is 0. The van der Waals surface area contributed by atoms with Crippen molar-refractivity contribution in [2.75, 3.05) is 0 Å². The lowest BCUT2D eigenvalue weighted by Gasteiger charge is -1.97. The number of carbonyl (C=O) groups is 2. The fourth-order valence-electron chi connectivity index (χ4n) is 1.35. The van der Waals surface area contributed by atoms with Gasteiger partial charge in [0, 0.05) is 8.95 Å². The zero-order chi connectivity index (χ0) is 16.9. The van der Waals surface area contributed by atoms with E-state index < -0.39 is 23.5 Å². The third-order valence-electron chi connectivity index (χ3n) is 2.35. The number of carboxylic acids is 1. The van der Waals surface area contributed by atoms with Gasteiger partial charge in [-0.3, -0.25) is 4.79 Å². The molecule has 2 aromatic carbocycles. The first-order valence-corrected chi connectivity index (χ1v) is 7.24. The van der Waals surface area contributed by atoms with Crippen LogP contribution < -0.4 is 5.73 Å². The molecule has 0 aromatic heterocycles. The van der Waals surface area contributed by atoms with Crippen LogP contribution in [-0.4, -0.2) is 17.0 Å². The Morgan fingerprint density at radius 2 is 1.32 bits per heavy atom. The topological polar surface area (TPSA) is 80.4 Å². The Morgan fingerprint density at radius 1 is 0.909 bits per heavy atom. The maximum absolute atomic E-state index is 12.5. The SMILES string of the molecule is NC(=O)c1cc(F)ccc1Br.O=C(O)c1cc(F)ccc1Br. The van der Waals surface area contributed by atoms with Gasteiger partial charge in [0.05, 0.1) is 11.1 Å². The van der Waals surface area contributed by atoms with Gasteiger partial charge in [-0.05, 0) is 68.3 Å². The molecule has 0 aliphatic heterocycles. The van der Waals surface area contributed by atoms with Crippen LogP contribution in [0, 0.1) is 11.6 Å². The zero-order valence-corrected chi connectivity index (χ0v) is 14.0. The highest BCUT2D eigenvalue weighted by Gasteiger charge is 2.08. The average Bonchev–Trinajstić information content (AvgIpc) is 2.44. The monoisotopic (exact) mass is 435 g/mol. The van der Waals surface area contributed by atoms with Crippen molar-refractivity contribution < 1.29 is 23.5 Å². The largest absolute Gasteiger partial charge is 0.478 e. The van der Waals surface area contributed by atoms with Crippen LogP contribution in [-0.2, 0) is 0 Å². The molecule has 0 unspecified atom stereocenters. The van der Waals surface area contributed by atoms with Gasteiger partial charge in [0.25, 0.3) is 0 Å². The Kier molecular flexibility index (Phi) is 6.63. The van der Waals surface area contributed by atoms with E-state index in [4.69, 9.17) is 10.8 Å². The number of nitrogens with two attached hydrogens (primary N) is 1. The van der Waals surface area contributed by atoms with Gasteiger partial charge in [-0.2, -0.15) is 0 Å². The first-order chi connectivity index (χ1) is 10.2. The standard InChI is InChI=1S/C7H5BrFNO.C7H4BrFO2/c2*8-6-2-1-4(9)3-5(6)7(10)11/h1-3H,(H2,10,11);1-3H,(H,10,11). The molecule has 0 heterocycles. The normalized spacial score (nSPS) is 9.64. The second kappa shape index (κ2) is 8.00. The molecule has 0 radical (unpaired) electrons. The second-order valence-corrected chi connectivity index (χ2v) is 5.63. The Morgan fingerprint density at radius 3 is 1.64 bits per heavy atom. The summed E-state index contributed by atoms with van der Waals surface area (Å²) in [5.74, 6) is -2.81. The maximum atomic E-state index is 12.5. The third-order valence-corrected chi connectivity index (χ3v) is 3.74. The van der Waals surface area contributed by atoms with Gasteiger partial charge in [0.1, 0.15) is 11.6 Å². The van der Waals surface area contributed by atoms with Crippen molar-refractivity contribution in [3.63, 3.8) is 0 Å². The van der Waals surface area contributed by atoms with Crippen LogP contribution in [0.2, 0.25) is 0 Å². The molecule has 0 spiro atoms. The Bertz CT molecular complexity index is 662. The maximum Gasteiger partial charge on any atom is 0.336 e. The third kappa shape index (κ3) is 5.19. The molecule has 0 bridgehead atoms. The molecule has 0 saturated carbocycles. The molecule has 2 rings (SSSR count). The summed E-state index contributed by atoms with van der Waals surface area (Å²) in [6.07, 6.45) is 0. The number of benzene rings is 2. The van der Waals surface area contributed by atoms with Gasteiger partial charge in [0.2, 0.25) is 5.91 Å².